The maximum atomic E-state index is 11.9. The van der Waals surface area contributed by atoms with Crippen LogP contribution in [-0.4, -0.2) is 24.5 Å². The minimum absolute atomic E-state index is 0. The summed E-state index contributed by atoms with van der Waals surface area (Å²) in [5, 5.41) is 7.05. The van der Waals surface area contributed by atoms with Crippen molar-refractivity contribution in [1.29, 1.82) is 0 Å². The summed E-state index contributed by atoms with van der Waals surface area (Å²) in [6, 6.07) is 7.97. The van der Waals surface area contributed by atoms with Gasteiger partial charge in [-0.25, -0.2) is 0 Å². The summed E-state index contributed by atoms with van der Waals surface area (Å²) in [5.41, 5.74) is 3.06. The molecule has 1 atom stereocenters. The van der Waals surface area contributed by atoms with Crippen LogP contribution >= 0.6 is 12.4 Å². The molecule has 0 aliphatic heterocycles. The Morgan fingerprint density at radius 3 is 2.79 bits per heavy atom. The molecule has 0 aliphatic rings. The van der Waals surface area contributed by atoms with Crippen LogP contribution in [0.25, 0.3) is 10.9 Å². The number of carbonyl (C=O) groups is 1. The van der Waals surface area contributed by atoms with Crippen molar-refractivity contribution in [2.45, 2.75) is 13.8 Å². The van der Waals surface area contributed by atoms with Crippen molar-refractivity contribution in [1.82, 2.24) is 10.3 Å². The quantitative estimate of drug-likeness (QED) is 0.807. The Morgan fingerprint density at radius 1 is 1.37 bits per heavy atom. The summed E-state index contributed by atoms with van der Waals surface area (Å²) in [6.07, 6.45) is 0. The Kier molecular flexibility index (Phi) is 5.39. The first-order valence-corrected chi connectivity index (χ1v) is 6.15. The molecule has 3 N–H and O–H groups in total. The minimum Gasteiger partial charge on any atom is -0.359 e. The minimum atomic E-state index is -0.0429. The number of aromatic amines is 1. The van der Waals surface area contributed by atoms with E-state index in [1.165, 1.54) is 0 Å². The lowest BCUT2D eigenvalue weighted by Gasteiger charge is -2.11. The topological polar surface area (TPSA) is 56.9 Å². The van der Waals surface area contributed by atoms with Crippen LogP contribution in [0.1, 0.15) is 12.6 Å². The molecule has 1 aromatic carbocycles. The Balaban J connectivity index is 0.00000180. The monoisotopic (exact) mass is 281 g/mol. The van der Waals surface area contributed by atoms with Crippen LogP contribution in [0.3, 0.4) is 0 Å². The van der Waals surface area contributed by atoms with Gasteiger partial charge in [-0.05, 0) is 38.2 Å². The van der Waals surface area contributed by atoms with E-state index < -0.39 is 0 Å². The van der Waals surface area contributed by atoms with E-state index in [1.54, 1.807) is 0 Å². The second-order valence-electron chi connectivity index (χ2n) is 4.70. The third kappa shape index (κ3) is 3.72. The molecule has 0 aliphatic carbocycles. The van der Waals surface area contributed by atoms with E-state index in [4.69, 9.17) is 0 Å². The smallest absolute Gasteiger partial charge is 0.228 e. The Hall–Kier alpha value is -1.52. The Morgan fingerprint density at radius 2 is 2.11 bits per heavy atom. The largest absolute Gasteiger partial charge is 0.359 e. The summed E-state index contributed by atoms with van der Waals surface area (Å²) in [6.45, 7) is 4.61. The number of nitrogens with one attached hydrogen (secondary N) is 3. The number of amides is 1. The number of hydrogen-bond acceptors (Lipinski definition) is 2. The second-order valence-corrected chi connectivity index (χ2v) is 4.70. The van der Waals surface area contributed by atoms with Gasteiger partial charge in [0.2, 0.25) is 5.91 Å². The maximum Gasteiger partial charge on any atom is 0.228 e. The fourth-order valence-corrected chi connectivity index (χ4v) is 2.02. The molecule has 5 heteroatoms. The molecule has 2 rings (SSSR count). The predicted molar refractivity (Wildman–Crippen MR) is 82.0 cm³/mol. The molecule has 1 heterocycles. The number of aryl methyl sites for hydroxylation is 1. The third-order valence-corrected chi connectivity index (χ3v) is 2.98. The molecule has 0 bridgehead atoms. The van der Waals surface area contributed by atoms with Crippen molar-refractivity contribution in [3.8, 4) is 0 Å². The SMILES string of the molecule is CNCC(C)C(=O)Nc1ccc2[nH]c(C)cc2c1.Cl. The number of fused-ring (bicyclic) bond motifs is 1. The normalized spacial score (nSPS) is 11.9. The standard InChI is InChI=1S/C14H19N3O.ClH/c1-9(8-15-3)14(18)17-12-4-5-13-11(7-12)6-10(2)16-13;/h4-7,9,15-16H,8H2,1-3H3,(H,17,18);1H. The predicted octanol–water partition coefficient (Wildman–Crippen LogP) is 2.69. The molecule has 1 aromatic heterocycles. The van der Waals surface area contributed by atoms with Gasteiger partial charge in [0.1, 0.15) is 0 Å². The Labute approximate surface area is 119 Å². The van der Waals surface area contributed by atoms with E-state index in [-0.39, 0.29) is 24.2 Å². The van der Waals surface area contributed by atoms with Crippen LogP contribution < -0.4 is 10.6 Å². The molecule has 1 unspecified atom stereocenters. The van der Waals surface area contributed by atoms with Crippen LogP contribution in [0, 0.1) is 12.8 Å². The van der Waals surface area contributed by atoms with Gasteiger partial charge in [0.25, 0.3) is 0 Å². The highest BCUT2D eigenvalue weighted by molar-refractivity contribution is 5.95. The summed E-state index contributed by atoms with van der Waals surface area (Å²) < 4.78 is 0. The van der Waals surface area contributed by atoms with Gasteiger partial charge in [-0.1, -0.05) is 6.92 Å². The Bertz CT molecular complexity index is 565. The molecule has 0 saturated heterocycles. The highest BCUT2D eigenvalue weighted by Gasteiger charge is 2.12. The summed E-state index contributed by atoms with van der Waals surface area (Å²) in [7, 11) is 1.85. The van der Waals surface area contributed by atoms with Gasteiger partial charge in [0.15, 0.2) is 0 Å². The van der Waals surface area contributed by atoms with Gasteiger partial charge >= 0.3 is 0 Å². The lowest BCUT2D eigenvalue weighted by atomic mass is 10.1. The van der Waals surface area contributed by atoms with Crippen LogP contribution in [0.4, 0.5) is 5.69 Å². The van der Waals surface area contributed by atoms with E-state index in [0.717, 1.165) is 22.3 Å². The van der Waals surface area contributed by atoms with E-state index in [9.17, 15) is 4.79 Å². The fraction of sp³-hybridized carbons (Fsp3) is 0.357. The number of aromatic nitrogens is 1. The molecule has 0 saturated carbocycles. The molecule has 0 fully saturated rings. The van der Waals surface area contributed by atoms with Crippen LogP contribution in [0.2, 0.25) is 0 Å². The second kappa shape index (κ2) is 6.59. The van der Waals surface area contributed by atoms with E-state index in [2.05, 4.69) is 21.7 Å². The van der Waals surface area contributed by atoms with E-state index in [1.807, 2.05) is 39.1 Å². The number of carbonyl (C=O) groups excluding carboxylic acids is 1. The van der Waals surface area contributed by atoms with Crippen molar-refractivity contribution < 1.29 is 4.79 Å². The zero-order valence-corrected chi connectivity index (χ0v) is 12.2. The highest BCUT2D eigenvalue weighted by Crippen LogP contribution is 2.20. The highest BCUT2D eigenvalue weighted by atomic mass is 35.5. The number of H-pyrrole nitrogens is 1. The number of rotatable bonds is 4. The first-order valence-electron chi connectivity index (χ1n) is 6.15. The summed E-state index contributed by atoms with van der Waals surface area (Å²) >= 11 is 0. The van der Waals surface area contributed by atoms with Crippen molar-refractivity contribution in [2.75, 3.05) is 18.9 Å². The lowest BCUT2D eigenvalue weighted by molar-refractivity contribution is -0.119. The molecular formula is C14H20ClN3O. The van der Waals surface area contributed by atoms with Crippen molar-refractivity contribution >= 4 is 34.9 Å². The molecule has 1 amide bonds. The van der Waals surface area contributed by atoms with Gasteiger partial charge in [-0.15, -0.1) is 12.4 Å². The van der Waals surface area contributed by atoms with Gasteiger partial charge < -0.3 is 15.6 Å². The molecule has 0 spiro atoms. The van der Waals surface area contributed by atoms with Crippen LogP contribution in [0.15, 0.2) is 24.3 Å². The first kappa shape index (κ1) is 15.5. The van der Waals surface area contributed by atoms with Gasteiger partial charge in [0.05, 0.1) is 0 Å². The number of anilines is 1. The van der Waals surface area contributed by atoms with Gasteiger partial charge in [-0.3, -0.25) is 4.79 Å². The average Bonchev–Trinajstić information content (AvgIpc) is 2.68. The summed E-state index contributed by atoms with van der Waals surface area (Å²) in [4.78, 5) is 15.1. The number of benzene rings is 1. The van der Waals surface area contributed by atoms with Crippen LogP contribution in [-0.2, 0) is 4.79 Å². The lowest BCUT2D eigenvalue weighted by Crippen LogP contribution is -2.28. The average molecular weight is 282 g/mol. The van der Waals surface area contributed by atoms with Crippen LogP contribution in [0.5, 0.6) is 0 Å². The van der Waals surface area contributed by atoms with Crippen molar-refractivity contribution in [3.63, 3.8) is 0 Å². The van der Waals surface area contributed by atoms with Crippen molar-refractivity contribution in [2.24, 2.45) is 5.92 Å². The molecular weight excluding hydrogens is 262 g/mol. The van der Waals surface area contributed by atoms with E-state index >= 15 is 0 Å². The van der Waals surface area contributed by atoms with E-state index in [0.29, 0.717) is 6.54 Å². The molecule has 19 heavy (non-hydrogen) atoms. The molecule has 0 radical (unpaired) electrons. The first-order chi connectivity index (χ1) is 8.60. The van der Waals surface area contributed by atoms with Gasteiger partial charge in [-0.2, -0.15) is 0 Å². The number of hydrogen-bond donors (Lipinski definition) is 3. The van der Waals surface area contributed by atoms with Crippen molar-refractivity contribution in [3.05, 3.63) is 30.0 Å². The fourth-order valence-electron chi connectivity index (χ4n) is 2.02. The third-order valence-electron chi connectivity index (χ3n) is 2.98. The van der Waals surface area contributed by atoms with Gasteiger partial charge in [0, 0.05) is 34.7 Å². The molecule has 4 nitrogen and oxygen atoms in total. The summed E-state index contributed by atoms with van der Waals surface area (Å²) in [5.74, 6) is -0.00499. The zero-order valence-electron chi connectivity index (χ0n) is 11.4. The number of halogens is 1. The zero-order chi connectivity index (χ0) is 13.1. The molecule has 104 valence electrons. The maximum absolute atomic E-state index is 11.9. The molecule has 2 aromatic rings.